The second-order valence-electron chi connectivity index (χ2n) is 7.50. The second kappa shape index (κ2) is 8.32. The Hall–Kier alpha value is -2.38. The van der Waals surface area contributed by atoms with Crippen LogP contribution < -0.4 is 10.0 Å². The van der Waals surface area contributed by atoms with Gasteiger partial charge in [0.15, 0.2) is 0 Å². The van der Waals surface area contributed by atoms with Crippen molar-refractivity contribution in [3.63, 3.8) is 0 Å². The topological polar surface area (TPSA) is 78.5 Å². The van der Waals surface area contributed by atoms with Crippen LogP contribution in [0.25, 0.3) is 0 Å². The van der Waals surface area contributed by atoms with E-state index in [0.717, 1.165) is 31.5 Å². The monoisotopic (exact) mass is 401 g/mol. The fraction of sp³-hybridized carbons (Fsp3) is 0.381. The van der Waals surface area contributed by atoms with E-state index >= 15 is 0 Å². The van der Waals surface area contributed by atoms with Gasteiger partial charge in [-0.1, -0.05) is 23.8 Å². The summed E-state index contributed by atoms with van der Waals surface area (Å²) in [6.45, 7) is 5.55. The first-order valence-corrected chi connectivity index (χ1v) is 10.9. The van der Waals surface area contributed by atoms with Gasteiger partial charge in [-0.2, -0.15) is 0 Å². The van der Waals surface area contributed by atoms with Gasteiger partial charge in [-0.05, 0) is 76.7 Å². The van der Waals surface area contributed by atoms with Crippen molar-refractivity contribution in [2.75, 3.05) is 24.9 Å². The molecule has 1 aliphatic heterocycles. The molecule has 0 aromatic heterocycles. The molecule has 1 amide bonds. The molecule has 2 aromatic carbocycles. The summed E-state index contributed by atoms with van der Waals surface area (Å²) in [6.07, 6.45) is 1.79. The number of amides is 1. The van der Waals surface area contributed by atoms with E-state index in [1.807, 2.05) is 19.1 Å². The number of hydrogen-bond acceptors (Lipinski definition) is 4. The first kappa shape index (κ1) is 20.4. The molecule has 0 atom stereocenters. The molecule has 28 heavy (non-hydrogen) atoms. The number of hydrogen-bond donors (Lipinski definition) is 2. The Morgan fingerprint density at radius 2 is 1.68 bits per heavy atom. The number of likely N-dealkylation sites (tertiary alicyclic amines) is 1. The summed E-state index contributed by atoms with van der Waals surface area (Å²) in [4.78, 5) is 15.0. The second-order valence-corrected chi connectivity index (χ2v) is 9.15. The standard InChI is InChI=1S/C21H27N3O3S/c1-15-4-8-19(9-5-15)23-28(26,27)20-14-17(7-6-16(20)2)21(25)22-18-10-12-24(3)13-11-18/h4-9,14,18,23H,10-13H2,1-3H3,(H,22,25). The van der Waals surface area contributed by atoms with Crippen LogP contribution in [0.5, 0.6) is 0 Å². The number of nitrogens with one attached hydrogen (secondary N) is 2. The van der Waals surface area contributed by atoms with Crippen LogP contribution in [0.2, 0.25) is 0 Å². The zero-order valence-corrected chi connectivity index (χ0v) is 17.3. The average Bonchev–Trinajstić information content (AvgIpc) is 2.65. The number of anilines is 1. The van der Waals surface area contributed by atoms with Crippen LogP contribution >= 0.6 is 0 Å². The van der Waals surface area contributed by atoms with E-state index in [1.165, 1.54) is 6.07 Å². The number of sulfonamides is 1. The summed E-state index contributed by atoms with van der Waals surface area (Å²) >= 11 is 0. The molecule has 1 saturated heterocycles. The summed E-state index contributed by atoms with van der Waals surface area (Å²) in [5.74, 6) is -0.235. The van der Waals surface area contributed by atoms with E-state index in [4.69, 9.17) is 0 Å². The SMILES string of the molecule is Cc1ccc(NS(=O)(=O)c2cc(C(=O)NC3CCN(C)CC3)ccc2C)cc1. The van der Waals surface area contributed by atoms with Crippen LogP contribution in [-0.2, 0) is 10.0 Å². The lowest BCUT2D eigenvalue weighted by Gasteiger charge is -2.29. The lowest BCUT2D eigenvalue weighted by Crippen LogP contribution is -2.43. The third kappa shape index (κ3) is 4.91. The third-order valence-corrected chi connectivity index (χ3v) is 6.62. The van der Waals surface area contributed by atoms with E-state index in [2.05, 4.69) is 22.0 Å². The van der Waals surface area contributed by atoms with Gasteiger partial charge in [-0.3, -0.25) is 9.52 Å². The maximum atomic E-state index is 12.9. The Kier molecular flexibility index (Phi) is 6.05. The Morgan fingerprint density at radius 3 is 2.32 bits per heavy atom. The quantitative estimate of drug-likeness (QED) is 0.807. The molecule has 150 valence electrons. The molecule has 0 saturated carbocycles. The highest BCUT2D eigenvalue weighted by Gasteiger charge is 2.22. The van der Waals surface area contributed by atoms with Gasteiger partial charge in [0, 0.05) is 17.3 Å². The zero-order chi connectivity index (χ0) is 20.3. The predicted octanol–water partition coefficient (Wildman–Crippen LogP) is 2.93. The molecule has 2 aromatic rings. The van der Waals surface area contributed by atoms with Gasteiger partial charge in [-0.15, -0.1) is 0 Å². The Morgan fingerprint density at radius 1 is 1.04 bits per heavy atom. The molecule has 0 bridgehead atoms. The number of carbonyl (C=O) groups is 1. The predicted molar refractivity (Wildman–Crippen MR) is 111 cm³/mol. The van der Waals surface area contributed by atoms with Gasteiger partial charge < -0.3 is 10.2 Å². The molecular formula is C21H27N3O3S. The first-order valence-electron chi connectivity index (χ1n) is 9.44. The number of carbonyl (C=O) groups excluding carboxylic acids is 1. The van der Waals surface area contributed by atoms with Gasteiger partial charge in [0.2, 0.25) is 0 Å². The highest BCUT2D eigenvalue weighted by Crippen LogP contribution is 2.21. The van der Waals surface area contributed by atoms with Crippen LogP contribution in [0.4, 0.5) is 5.69 Å². The first-order chi connectivity index (χ1) is 13.2. The minimum absolute atomic E-state index is 0.115. The van der Waals surface area contributed by atoms with Crippen molar-refractivity contribution in [2.24, 2.45) is 0 Å². The van der Waals surface area contributed by atoms with Crippen molar-refractivity contribution < 1.29 is 13.2 Å². The molecule has 0 aliphatic carbocycles. The number of rotatable bonds is 5. The maximum Gasteiger partial charge on any atom is 0.262 e. The van der Waals surface area contributed by atoms with Gasteiger partial charge in [-0.25, -0.2) is 8.42 Å². The number of benzene rings is 2. The van der Waals surface area contributed by atoms with Gasteiger partial charge in [0.1, 0.15) is 0 Å². The van der Waals surface area contributed by atoms with Crippen molar-refractivity contribution in [3.05, 3.63) is 59.2 Å². The van der Waals surface area contributed by atoms with Crippen molar-refractivity contribution in [2.45, 2.75) is 37.6 Å². The highest BCUT2D eigenvalue weighted by atomic mass is 32.2. The van der Waals surface area contributed by atoms with Gasteiger partial charge in [0.25, 0.3) is 15.9 Å². The molecule has 0 radical (unpaired) electrons. The Balaban J connectivity index is 1.78. The molecule has 1 fully saturated rings. The van der Waals surface area contributed by atoms with Crippen LogP contribution in [0.3, 0.4) is 0 Å². The minimum Gasteiger partial charge on any atom is -0.349 e. The molecule has 6 nitrogen and oxygen atoms in total. The molecule has 1 heterocycles. The minimum atomic E-state index is -3.79. The molecule has 7 heteroatoms. The molecule has 0 unspecified atom stereocenters. The molecule has 2 N–H and O–H groups in total. The van der Waals surface area contributed by atoms with E-state index in [-0.39, 0.29) is 16.8 Å². The number of nitrogens with zero attached hydrogens (tertiary/aromatic N) is 1. The van der Waals surface area contributed by atoms with E-state index < -0.39 is 10.0 Å². The van der Waals surface area contributed by atoms with Crippen LogP contribution in [-0.4, -0.2) is 45.4 Å². The highest BCUT2D eigenvalue weighted by molar-refractivity contribution is 7.92. The zero-order valence-electron chi connectivity index (χ0n) is 16.5. The van der Waals surface area contributed by atoms with E-state index in [1.54, 1.807) is 31.2 Å². The number of aryl methyl sites for hydroxylation is 2. The molecular weight excluding hydrogens is 374 g/mol. The van der Waals surface area contributed by atoms with E-state index in [0.29, 0.717) is 16.8 Å². The normalized spacial score (nSPS) is 16.0. The summed E-state index contributed by atoms with van der Waals surface area (Å²) in [5, 5.41) is 3.03. The summed E-state index contributed by atoms with van der Waals surface area (Å²) in [6, 6.07) is 12.0. The average molecular weight is 402 g/mol. The molecule has 1 aliphatic rings. The van der Waals surface area contributed by atoms with Crippen molar-refractivity contribution >= 4 is 21.6 Å². The van der Waals surface area contributed by atoms with Crippen LogP contribution in [0, 0.1) is 13.8 Å². The smallest absolute Gasteiger partial charge is 0.262 e. The summed E-state index contributed by atoms with van der Waals surface area (Å²) < 4.78 is 28.3. The summed E-state index contributed by atoms with van der Waals surface area (Å²) in [5.41, 5.74) is 2.49. The largest absolute Gasteiger partial charge is 0.349 e. The van der Waals surface area contributed by atoms with Crippen molar-refractivity contribution in [1.29, 1.82) is 0 Å². The van der Waals surface area contributed by atoms with Crippen molar-refractivity contribution in [3.8, 4) is 0 Å². The fourth-order valence-electron chi connectivity index (χ4n) is 3.28. The third-order valence-electron chi connectivity index (χ3n) is 5.10. The molecule has 0 spiro atoms. The van der Waals surface area contributed by atoms with Gasteiger partial charge in [0.05, 0.1) is 4.90 Å². The lowest BCUT2D eigenvalue weighted by molar-refractivity contribution is 0.0916. The Labute approximate surface area is 167 Å². The lowest BCUT2D eigenvalue weighted by atomic mass is 10.0. The number of piperidine rings is 1. The summed E-state index contributed by atoms with van der Waals surface area (Å²) in [7, 11) is -1.72. The Bertz CT molecular complexity index is 947. The van der Waals surface area contributed by atoms with Crippen LogP contribution in [0.15, 0.2) is 47.4 Å². The van der Waals surface area contributed by atoms with Crippen molar-refractivity contribution in [1.82, 2.24) is 10.2 Å². The maximum absolute atomic E-state index is 12.9. The fourth-order valence-corrected chi connectivity index (χ4v) is 4.61. The van der Waals surface area contributed by atoms with E-state index in [9.17, 15) is 13.2 Å². The molecule has 3 rings (SSSR count). The van der Waals surface area contributed by atoms with Gasteiger partial charge >= 0.3 is 0 Å². The van der Waals surface area contributed by atoms with Crippen LogP contribution in [0.1, 0.15) is 34.3 Å².